The van der Waals surface area contributed by atoms with E-state index in [1.165, 1.54) is 6.42 Å². The van der Waals surface area contributed by atoms with Crippen molar-refractivity contribution in [1.29, 1.82) is 0 Å². The van der Waals surface area contributed by atoms with Crippen LogP contribution in [0.1, 0.15) is 6.42 Å². The van der Waals surface area contributed by atoms with Crippen LogP contribution in [0.3, 0.4) is 0 Å². The van der Waals surface area contributed by atoms with Crippen LogP contribution in [0.4, 0.5) is 5.82 Å². The second-order valence-corrected chi connectivity index (χ2v) is 4.67. The SMILES string of the molecule is CN1CCC(Nc2nncc3ccccc23)C1. The fourth-order valence-electron chi connectivity index (χ4n) is 2.38. The fourth-order valence-corrected chi connectivity index (χ4v) is 2.38. The molecular formula is C13H16N4. The molecule has 0 spiro atoms. The number of likely N-dealkylation sites (tertiary alicyclic amines) is 1. The van der Waals surface area contributed by atoms with Crippen LogP contribution < -0.4 is 5.32 Å². The lowest BCUT2D eigenvalue weighted by Gasteiger charge is -2.14. The second-order valence-electron chi connectivity index (χ2n) is 4.67. The molecule has 1 aliphatic heterocycles. The van der Waals surface area contributed by atoms with Gasteiger partial charge in [-0.1, -0.05) is 24.3 Å². The van der Waals surface area contributed by atoms with Crippen molar-refractivity contribution in [3.05, 3.63) is 30.5 Å². The standard InChI is InChI=1S/C13H16N4/c1-17-7-6-11(9-17)15-13-12-5-3-2-4-10(12)8-14-16-13/h2-5,8,11H,6-7,9H2,1H3,(H,15,16). The Morgan fingerprint density at radius 1 is 1.35 bits per heavy atom. The molecule has 2 aromatic rings. The summed E-state index contributed by atoms with van der Waals surface area (Å²) in [7, 11) is 2.15. The molecule has 4 nitrogen and oxygen atoms in total. The van der Waals surface area contributed by atoms with Gasteiger partial charge >= 0.3 is 0 Å². The van der Waals surface area contributed by atoms with Crippen LogP contribution in [0.25, 0.3) is 10.8 Å². The summed E-state index contributed by atoms with van der Waals surface area (Å²) in [5.41, 5.74) is 0. The first kappa shape index (κ1) is 10.5. The third-order valence-electron chi connectivity index (χ3n) is 3.30. The summed E-state index contributed by atoms with van der Waals surface area (Å²) in [5, 5.41) is 14.0. The van der Waals surface area contributed by atoms with Gasteiger partial charge < -0.3 is 10.2 Å². The minimum atomic E-state index is 0.486. The highest BCUT2D eigenvalue weighted by atomic mass is 15.2. The molecule has 0 aliphatic carbocycles. The molecule has 17 heavy (non-hydrogen) atoms. The molecule has 1 saturated heterocycles. The minimum Gasteiger partial charge on any atom is -0.364 e. The smallest absolute Gasteiger partial charge is 0.156 e. The van der Waals surface area contributed by atoms with Gasteiger partial charge in [0.1, 0.15) is 0 Å². The highest BCUT2D eigenvalue weighted by molar-refractivity contribution is 5.90. The second kappa shape index (κ2) is 4.30. The van der Waals surface area contributed by atoms with E-state index < -0.39 is 0 Å². The molecular weight excluding hydrogens is 212 g/mol. The van der Waals surface area contributed by atoms with Crippen LogP contribution in [0.5, 0.6) is 0 Å². The van der Waals surface area contributed by atoms with Crippen LogP contribution in [0.15, 0.2) is 30.5 Å². The Bertz CT molecular complexity index is 520. The van der Waals surface area contributed by atoms with E-state index in [1.807, 2.05) is 12.1 Å². The van der Waals surface area contributed by atoms with Crippen molar-refractivity contribution in [3.63, 3.8) is 0 Å². The van der Waals surface area contributed by atoms with E-state index in [0.717, 1.165) is 29.7 Å². The lowest BCUT2D eigenvalue weighted by molar-refractivity contribution is 0.414. The summed E-state index contributed by atoms with van der Waals surface area (Å²) in [6, 6.07) is 8.70. The van der Waals surface area contributed by atoms with Crippen LogP contribution in [-0.2, 0) is 0 Å². The van der Waals surface area contributed by atoms with Gasteiger partial charge in [-0.25, -0.2) is 0 Å². The van der Waals surface area contributed by atoms with Gasteiger partial charge in [-0.2, -0.15) is 5.10 Å². The van der Waals surface area contributed by atoms with E-state index in [9.17, 15) is 0 Å². The maximum Gasteiger partial charge on any atom is 0.156 e. The summed E-state index contributed by atoms with van der Waals surface area (Å²) >= 11 is 0. The predicted molar refractivity (Wildman–Crippen MR) is 69.1 cm³/mol. The predicted octanol–water partition coefficient (Wildman–Crippen LogP) is 1.75. The van der Waals surface area contributed by atoms with Crippen molar-refractivity contribution in [2.45, 2.75) is 12.5 Å². The Morgan fingerprint density at radius 2 is 2.24 bits per heavy atom. The topological polar surface area (TPSA) is 41.0 Å². The highest BCUT2D eigenvalue weighted by Crippen LogP contribution is 2.21. The summed E-state index contributed by atoms with van der Waals surface area (Å²) in [6.07, 6.45) is 2.97. The van der Waals surface area contributed by atoms with Crippen LogP contribution in [0, 0.1) is 0 Å². The molecule has 0 radical (unpaired) electrons. The molecule has 1 atom stereocenters. The third kappa shape index (κ3) is 2.08. The number of fused-ring (bicyclic) bond motifs is 1. The number of benzene rings is 1. The molecule has 1 aromatic carbocycles. The number of hydrogen-bond acceptors (Lipinski definition) is 4. The average molecular weight is 228 g/mol. The molecule has 0 bridgehead atoms. The Hall–Kier alpha value is -1.68. The van der Waals surface area contributed by atoms with Gasteiger partial charge in [0, 0.05) is 23.4 Å². The number of nitrogens with zero attached hydrogens (tertiary/aromatic N) is 3. The third-order valence-corrected chi connectivity index (χ3v) is 3.30. The number of aromatic nitrogens is 2. The first-order valence-electron chi connectivity index (χ1n) is 5.98. The van der Waals surface area contributed by atoms with Gasteiger partial charge in [0.2, 0.25) is 0 Å². The quantitative estimate of drug-likeness (QED) is 0.850. The number of rotatable bonds is 2. The van der Waals surface area contributed by atoms with Crippen molar-refractivity contribution in [3.8, 4) is 0 Å². The molecule has 2 heterocycles. The monoisotopic (exact) mass is 228 g/mol. The molecule has 1 N–H and O–H groups in total. The lowest BCUT2D eigenvalue weighted by Crippen LogP contribution is -2.24. The van der Waals surface area contributed by atoms with Gasteiger partial charge in [-0.05, 0) is 20.0 Å². The van der Waals surface area contributed by atoms with E-state index in [1.54, 1.807) is 6.20 Å². The molecule has 3 rings (SSSR count). The van der Waals surface area contributed by atoms with Crippen LogP contribution >= 0.6 is 0 Å². The molecule has 4 heteroatoms. The van der Waals surface area contributed by atoms with Gasteiger partial charge in [-0.15, -0.1) is 5.10 Å². The van der Waals surface area contributed by atoms with E-state index >= 15 is 0 Å². The number of anilines is 1. The summed E-state index contributed by atoms with van der Waals surface area (Å²) in [6.45, 7) is 2.22. The minimum absolute atomic E-state index is 0.486. The van der Waals surface area contributed by atoms with Crippen molar-refractivity contribution in [2.75, 3.05) is 25.5 Å². The van der Waals surface area contributed by atoms with E-state index in [0.29, 0.717) is 6.04 Å². The summed E-state index contributed by atoms with van der Waals surface area (Å²) < 4.78 is 0. The maximum atomic E-state index is 4.22. The van der Waals surface area contributed by atoms with Crippen LogP contribution in [0.2, 0.25) is 0 Å². The zero-order valence-corrected chi connectivity index (χ0v) is 9.93. The van der Waals surface area contributed by atoms with Gasteiger partial charge in [-0.3, -0.25) is 0 Å². The van der Waals surface area contributed by atoms with Gasteiger partial charge in [0.25, 0.3) is 0 Å². The number of nitrogens with one attached hydrogen (secondary N) is 1. The Balaban J connectivity index is 1.90. The van der Waals surface area contributed by atoms with Crippen molar-refractivity contribution in [1.82, 2.24) is 15.1 Å². The largest absolute Gasteiger partial charge is 0.364 e. The summed E-state index contributed by atoms with van der Waals surface area (Å²) in [5.74, 6) is 0.906. The molecule has 1 unspecified atom stereocenters. The average Bonchev–Trinajstić information content (AvgIpc) is 2.75. The molecule has 0 saturated carbocycles. The van der Waals surface area contributed by atoms with Crippen molar-refractivity contribution >= 4 is 16.6 Å². The summed E-state index contributed by atoms with van der Waals surface area (Å²) in [4.78, 5) is 2.33. The molecule has 0 amide bonds. The first-order chi connectivity index (χ1) is 8.33. The number of hydrogen-bond donors (Lipinski definition) is 1. The molecule has 1 aromatic heterocycles. The van der Waals surface area contributed by atoms with Crippen LogP contribution in [-0.4, -0.2) is 41.3 Å². The van der Waals surface area contributed by atoms with Gasteiger partial charge in [0.15, 0.2) is 5.82 Å². The lowest BCUT2D eigenvalue weighted by atomic mass is 10.2. The van der Waals surface area contributed by atoms with E-state index in [4.69, 9.17) is 0 Å². The fraction of sp³-hybridized carbons (Fsp3) is 0.385. The Morgan fingerprint density at radius 3 is 3.06 bits per heavy atom. The van der Waals surface area contributed by atoms with Gasteiger partial charge in [0.05, 0.1) is 6.20 Å². The normalized spacial score (nSPS) is 20.9. The number of likely N-dealkylation sites (N-methyl/N-ethyl adjacent to an activating group) is 1. The van der Waals surface area contributed by atoms with E-state index in [-0.39, 0.29) is 0 Å². The molecule has 1 fully saturated rings. The van der Waals surface area contributed by atoms with E-state index in [2.05, 4.69) is 39.6 Å². The maximum absolute atomic E-state index is 4.22. The Labute approximate surface area is 101 Å². The highest BCUT2D eigenvalue weighted by Gasteiger charge is 2.20. The first-order valence-corrected chi connectivity index (χ1v) is 5.98. The zero-order valence-electron chi connectivity index (χ0n) is 9.93. The zero-order chi connectivity index (χ0) is 11.7. The molecule has 88 valence electrons. The molecule has 1 aliphatic rings. The van der Waals surface area contributed by atoms with Crippen molar-refractivity contribution in [2.24, 2.45) is 0 Å². The van der Waals surface area contributed by atoms with Crippen molar-refractivity contribution < 1.29 is 0 Å². The Kier molecular flexibility index (Phi) is 2.65.